The van der Waals surface area contributed by atoms with Crippen LogP contribution < -0.4 is 14.8 Å². The molecular weight excluding hydrogens is 364 g/mol. The van der Waals surface area contributed by atoms with Gasteiger partial charge in [-0.15, -0.1) is 0 Å². The maximum atomic E-state index is 10.4. The number of ether oxygens (including phenoxy) is 2. The maximum Gasteiger partial charge on any atom is 0.231 e. The van der Waals surface area contributed by atoms with E-state index in [1.54, 1.807) is 6.07 Å². The number of aryl methyl sites for hydroxylation is 1. The van der Waals surface area contributed by atoms with Crippen LogP contribution in [0.2, 0.25) is 0 Å². The van der Waals surface area contributed by atoms with Gasteiger partial charge in [0.1, 0.15) is 11.9 Å². The van der Waals surface area contributed by atoms with Gasteiger partial charge < -0.3 is 14.6 Å². The van der Waals surface area contributed by atoms with Crippen LogP contribution in [0.1, 0.15) is 40.9 Å². The molecule has 146 valence electrons. The lowest BCUT2D eigenvalue weighted by Gasteiger charge is -2.31. The van der Waals surface area contributed by atoms with E-state index in [4.69, 9.17) is 14.5 Å². The molecule has 5 nitrogen and oxygen atoms in total. The molecule has 0 aliphatic carbocycles. The second-order valence-electron chi connectivity index (χ2n) is 7.44. The van der Waals surface area contributed by atoms with Crippen LogP contribution in [0.5, 0.6) is 17.2 Å². The quantitative estimate of drug-likeness (QED) is 0.688. The van der Waals surface area contributed by atoms with Gasteiger partial charge in [0.15, 0.2) is 11.5 Å². The highest BCUT2D eigenvalue weighted by Gasteiger charge is 2.28. The Morgan fingerprint density at radius 2 is 1.76 bits per heavy atom. The summed E-state index contributed by atoms with van der Waals surface area (Å²) in [6.45, 7) is 2.32. The summed E-state index contributed by atoms with van der Waals surface area (Å²) in [6.07, 6.45) is 0.467. The molecule has 0 aromatic heterocycles. The molecule has 2 heterocycles. The third kappa shape index (κ3) is 3.45. The molecule has 3 aromatic carbocycles. The Balaban J connectivity index is 1.56. The Labute approximate surface area is 169 Å². The number of hydrogen-bond acceptors (Lipinski definition) is 5. The predicted molar refractivity (Wildman–Crippen MR) is 112 cm³/mol. The summed E-state index contributed by atoms with van der Waals surface area (Å²) in [5, 5.41) is 14.0. The van der Waals surface area contributed by atoms with Crippen molar-refractivity contribution in [2.45, 2.75) is 25.6 Å². The maximum absolute atomic E-state index is 10.4. The highest BCUT2D eigenvalue weighted by molar-refractivity contribution is 6.02. The van der Waals surface area contributed by atoms with Gasteiger partial charge in [-0.05, 0) is 42.3 Å². The highest BCUT2D eigenvalue weighted by Crippen LogP contribution is 2.37. The molecule has 0 amide bonds. The number of para-hydroxylation sites is 1. The fourth-order valence-electron chi connectivity index (χ4n) is 3.86. The Morgan fingerprint density at radius 1 is 0.966 bits per heavy atom. The van der Waals surface area contributed by atoms with Crippen molar-refractivity contribution in [1.29, 1.82) is 0 Å². The molecular formula is C24H22N2O3. The van der Waals surface area contributed by atoms with Gasteiger partial charge in [0, 0.05) is 23.7 Å². The zero-order valence-corrected chi connectivity index (χ0v) is 16.1. The summed E-state index contributed by atoms with van der Waals surface area (Å²) in [7, 11) is 0. The van der Waals surface area contributed by atoms with E-state index in [0.717, 1.165) is 33.9 Å². The summed E-state index contributed by atoms with van der Waals surface area (Å²) in [5.41, 5.74) is 5.16. The van der Waals surface area contributed by atoms with Crippen molar-refractivity contribution < 1.29 is 14.6 Å². The van der Waals surface area contributed by atoms with E-state index in [-0.39, 0.29) is 19.0 Å². The SMILES string of the molecule is Cc1ccc(C2N=C(c3ccc4c(c3)OCO4)CC(c3ccccc3O)N2)cc1. The molecule has 29 heavy (non-hydrogen) atoms. The first kappa shape index (κ1) is 17.8. The molecule has 2 aliphatic rings. The van der Waals surface area contributed by atoms with Crippen molar-refractivity contribution in [2.75, 3.05) is 6.79 Å². The van der Waals surface area contributed by atoms with Crippen molar-refractivity contribution >= 4 is 5.71 Å². The van der Waals surface area contributed by atoms with Crippen molar-refractivity contribution in [1.82, 2.24) is 5.32 Å². The average Bonchev–Trinajstić information content (AvgIpc) is 3.22. The second kappa shape index (κ2) is 7.26. The molecule has 2 N–H and O–H groups in total. The minimum Gasteiger partial charge on any atom is -0.508 e. The molecule has 2 atom stereocenters. The minimum atomic E-state index is -0.200. The Morgan fingerprint density at radius 3 is 2.59 bits per heavy atom. The summed E-state index contributed by atoms with van der Waals surface area (Å²) < 4.78 is 11.0. The van der Waals surface area contributed by atoms with Gasteiger partial charge >= 0.3 is 0 Å². The summed E-state index contributed by atoms with van der Waals surface area (Å²) >= 11 is 0. The van der Waals surface area contributed by atoms with Crippen molar-refractivity contribution in [3.8, 4) is 17.2 Å². The van der Waals surface area contributed by atoms with E-state index >= 15 is 0 Å². The summed E-state index contributed by atoms with van der Waals surface area (Å²) in [4.78, 5) is 5.01. The average molecular weight is 386 g/mol. The molecule has 0 fully saturated rings. The van der Waals surface area contributed by atoms with Gasteiger partial charge in [-0.25, -0.2) is 0 Å². The van der Waals surface area contributed by atoms with Gasteiger partial charge in [-0.3, -0.25) is 10.3 Å². The van der Waals surface area contributed by atoms with Crippen LogP contribution in [0.3, 0.4) is 0 Å². The molecule has 2 unspecified atom stereocenters. The first-order chi connectivity index (χ1) is 14.2. The number of hydrogen-bond donors (Lipinski definition) is 2. The van der Waals surface area contributed by atoms with Gasteiger partial charge in [0.05, 0.1) is 0 Å². The first-order valence-electron chi connectivity index (χ1n) is 9.74. The lowest BCUT2D eigenvalue weighted by Crippen LogP contribution is -2.33. The Kier molecular flexibility index (Phi) is 4.45. The Bertz CT molecular complexity index is 1080. The van der Waals surface area contributed by atoms with Crippen molar-refractivity contribution in [3.05, 3.63) is 89.0 Å². The van der Waals surface area contributed by atoms with Crippen LogP contribution >= 0.6 is 0 Å². The lowest BCUT2D eigenvalue weighted by molar-refractivity contribution is 0.174. The zero-order chi connectivity index (χ0) is 19.8. The minimum absolute atomic E-state index is 0.0552. The van der Waals surface area contributed by atoms with Gasteiger partial charge in [-0.1, -0.05) is 48.0 Å². The van der Waals surface area contributed by atoms with E-state index in [1.165, 1.54) is 5.56 Å². The highest BCUT2D eigenvalue weighted by atomic mass is 16.7. The van der Waals surface area contributed by atoms with Crippen molar-refractivity contribution in [2.24, 2.45) is 4.99 Å². The molecule has 5 heteroatoms. The van der Waals surface area contributed by atoms with E-state index in [0.29, 0.717) is 12.2 Å². The number of nitrogens with zero attached hydrogens (tertiary/aromatic N) is 1. The molecule has 0 spiro atoms. The lowest BCUT2D eigenvalue weighted by atomic mass is 9.93. The topological polar surface area (TPSA) is 63.1 Å². The molecule has 0 saturated heterocycles. The fraction of sp³-hybridized carbons (Fsp3) is 0.208. The number of phenols is 1. The Hall–Kier alpha value is -3.31. The number of nitrogens with one attached hydrogen (secondary N) is 1. The van der Waals surface area contributed by atoms with Crippen LogP contribution in [0.15, 0.2) is 71.7 Å². The molecule has 5 rings (SSSR count). The van der Waals surface area contributed by atoms with Crippen LogP contribution in [0, 0.1) is 6.92 Å². The summed E-state index contributed by atoms with van der Waals surface area (Å²) in [5.74, 6) is 1.80. The van der Waals surface area contributed by atoms with Crippen LogP contribution in [-0.2, 0) is 0 Å². The molecule has 0 bridgehead atoms. The number of benzene rings is 3. The third-order valence-corrected chi connectivity index (χ3v) is 5.45. The first-order valence-corrected chi connectivity index (χ1v) is 9.74. The molecule has 2 aliphatic heterocycles. The normalized spacial score (nSPS) is 20.4. The zero-order valence-electron chi connectivity index (χ0n) is 16.1. The smallest absolute Gasteiger partial charge is 0.231 e. The fourth-order valence-corrected chi connectivity index (χ4v) is 3.86. The largest absolute Gasteiger partial charge is 0.508 e. The van der Waals surface area contributed by atoms with E-state index < -0.39 is 0 Å². The molecule has 0 saturated carbocycles. The number of rotatable bonds is 3. The van der Waals surface area contributed by atoms with E-state index in [9.17, 15) is 5.11 Å². The number of phenolic OH excluding ortho intramolecular Hbond substituents is 1. The van der Waals surface area contributed by atoms with Crippen molar-refractivity contribution in [3.63, 3.8) is 0 Å². The van der Waals surface area contributed by atoms with Gasteiger partial charge in [-0.2, -0.15) is 0 Å². The predicted octanol–water partition coefficient (Wildman–Crippen LogP) is 4.65. The third-order valence-electron chi connectivity index (χ3n) is 5.45. The monoisotopic (exact) mass is 386 g/mol. The second-order valence-corrected chi connectivity index (χ2v) is 7.44. The summed E-state index contributed by atoms with van der Waals surface area (Å²) in [6, 6.07) is 21.7. The standard InChI is InChI=1S/C24H22N2O3/c1-15-6-8-16(9-7-15)24-25-19(17-10-11-22-23(12-17)29-14-28-22)13-20(26-24)18-4-2-3-5-21(18)27/h2-12,20,24,26-27H,13-14H2,1H3. The molecule has 0 radical (unpaired) electrons. The number of aliphatic imine (C=N–C) groups is 1. The van der Waals surface area contributed by atoms with Crippen LogP contribution in [0.25, 0.3) is 0 Å². The van der Waals surface area contributed by atoms with Gasteiger partial charge in [0.2, 0.25) is 6.79 Å². The molecule has 3 aromatic rings. The van der Waals surface area contributed by atoms with Crippen LogP contribution in [0.4, 0.5) is 0 Å². The van der Waals surface area contributed by atoms with E-state index in [1.807, 2.05) is 36.4 Å². The number of aromatic hydroxyl groups is 1. The van der Waals surface area contributed by atoms with E-state index in [2.05, 4.69) is 36.5 Å². The van der Waals surface area contributed by atoms with Gasteiger partial charge in [0.25, 0.3) is 0 Å². The number of fused-ring (bicyclic) bond motifs is 1. The van der Waals surface area contributed by atoms with Crippen LogP contribution in [-0.4, -0.2) is 17.6 Å².